The van der Waals surface area contributed by atoms with Gasteiger partial charge >= 0.3 is 0 Å². The molecule has 0 N–H and O–H groups in total. The maximum Gasteiger partial charge on any atom is 0.151 e. The van der Waals surface area contributed by atoms with Crippen molar-refractivity contribution in [3.63, 3.8) is 0 Å². The molecular formula is C21H31ClO2. The Morgan fingerprint density at radius 2 is 1.79 bits per heavy atom. The first-order valence-corrected chi connectivity index (χ1v) is 10.5. The van der Waals surface area contributed by atoms with E-state index >= 15 is 0 Å². The van der Waals surface area contributed by atoms with Gasteiger partial charge < -0.3 is 0 Å². The summed E-state index contributed by atoms with van der Waals surface area (Å²) in [4.78, 5) is 24.3. The van der Waals surface area contributed by atoms with Crippen LogP contribution >= 0.6 is 11.6 Å². The predicted molar refractivity (Wildman–Crippen MR) is 96.0 cm³/mol. The highest BCUT2D eigenvalue weighted by atomic mass is 35.5. The first kappa shape index (κ1) is 17.1. The lowest BCUT2D eigenvalue weighted by Crippen LogP contribution is -2.54. The fourth-order valence-corrected chi connectivity index (χ4v) is 7.85. The molecule has 2 nitrogen and oxygen atoms in total. The molecule has 0 saturated heterocycles. The van der Waals surface area contributed by atoms with Crippen molar-refractivity contribution in [1.29, 1.82) is 0 Å². The minimum Gasteiger partial charge on any atom is -0.300 e. The van der Waals surface area contributed by atoms with Gasteiger partial charge in [-0.2, -0.15) is 0 Å². The average Bonchev–Trinajstić information content (AvgIpc) is 2.92. The third kappa shape index (κ3) is 2.27. The van der Waals surface area contributed by atoms with Crippen molar-refractivity contribution in [2.24, 2.45) is 40.4 Å². The first-order valence-electron chi connectivity index (χ1n) is 10.0. The molecule has 0 bridgehead atoms. The van der Waals surface area contributed by atoms with E-state index in [9.17, 15) is 9.59 Å². The highest BCUT2D eigenvalue weighted by Crippen LogP contribution is 2.67. The maximum atomic E-state index is 12.4. The summed E-state index contributed by atoms with van der Waals surface area (Å²) in [5.74, 6) is 4.00. The van der Waals surface area contributed by atoms with E-state index in [4.69, 9.17) is 11.6 Å². The molecule has 24 heavy (non-hydrogen) atoms. The number of carbonyl (C=O) groups is 2. The summed E-state index contributed by atoms with van der Waals surface area (Å²) in [6.07, 6.45) is 9.93. The van der Waals surface area contributed by atoms with Crippen molar-refractivity contribution in [3.05, 3.63) is 0 Å². The molecule has 134 valence electrons. The summed E-state index contributed by atoms with van der Waals surface area (Å²) in [5, 5.41) is 0. The molecule has 1 unspecified atom stereocenters. The van der Waals surface area contributed by atoms with E-state index in [2.05, 4.69) is 13.8 Å². The number of carbonyl (C=O) groups excluding carboxylic acids is 2. The molecule has 7 atom stereocenters. The van der Waals surface area contributed by atoms with Crippen LogP contribution in [0, 0.1) is 40.4 Å². The molecule has 0 radical (unpaired) electrons. The molecule has 4 rings (SSSR count). The summed E-state index contributed by atoms with van der Waals surface area (Å²) >= 11 is 5.91. The lowest BCUT2D eigenvalue weighted by Gasteiger charge is -2.60. The molecule has 0 amide bonds. The second-order valence-corrected chi connectivity index (χ2v) is 9.94. The third-order valence-electron chi connectivity index (χ3n) is 9.00. The van der Waals surface area contributed by atoms with E-state index in [0.717, 1.165) is 37.5 Å². The van der Waals surface area contributed by atoms with E-state index in [1.54, 1.807) is 0 Å². The zero-order chi connectivity index (χ0) is 17.1. The zero-order valence-corrected chi connectivity index (χ0v) is 15.9. The van der Waals surface area contributed by atoms with Crippen LogP contribution in [0.4, 0.5) is 0 Å². The number of hydrogen-bond acceptors (Lipinski definition) is 2. The van der Waals surface area contributed by atoms with Gasteiger partial charge in [0.05, 0.1) is 5.88 Å². The van der Waals surface area contributed by atoms with Crippen LogP contribution in [-0.4, -0.2) is 17.4 Å². The second kappa shape index (κ2) is 5.83. The third-order valence-corrected chi connectivity index (χ3v) is 9.27. The monoisotopic (exact) mass is 350 g/mol. The van der Waals surface area contributed by atoms with Gasteiger partial charge in [-0.15, -0.1) is 11.6 Å². The molecule has 3 heteroatoms. The lowest BCUT2D eigenvalue weighted by atomic mass is 9.44. The molecule has 0 aromatic carbocycles. The quantitative estimate of drug-likeness (QED) is 0.655. The number of alkyl halides is 1. The van der Waals surface area contributed by atoms with E-state index in [0.29, 0.717) is 23.0 Å². The van der Waals surface area contributed by atoms with Crippen molar-refractivity contribution in [3.8, 4) is 0 Å². The van der Waals surface area contributed by atoms with Gasteiger partial charge in [-0.3, -0.25) is 9.59 Å². The molecule has 4 aliphatic rings. The average molecular weight is 351 g/mol. The van der Waals surface area contributed by atoms with Crippen molar-refractivity contribution in [2.75, 3.05) is 5.88 Å². The maximum absolute atomic E-state index is 12.4. The number of hydrogen-bond donors (Lipinski definition) is 0. The fraction of sp³-hybridized carbons (Fsp3) is 0.905. The number of Topliss-reactive ketones (excluding diaryl/α,β-unsaturated/α-hetero) is 2. The Morgan fingerprint density at radius 3 is 2.54 bits per heavy atom. The molecule has 0 spiro atoms. The summed E-state index contributed by atoms with van der Waals surface area (Å²) in [7, 11) is 0. The first-order chi connectivity index (χ1) is 11.4. The SMILES string of the molecule is C[C@]12CC[C@H]3[C@@H](CCC4CC(=O)CC[C@@]43C)[C@@H]1CC[C@@H]2C(=O)CCl. The Morgan fingerprint density at radius 1 is 1.04 bits per heavy atom. The van der Waals surface area contributed by atoms with Gasteiger partial charge in [0.15, 0.2) is 5.78 Å². The standard InChI is InChI=1S/C21H31ClO2/c1-20-9-7-14(23)11-13(20)3-4-15-16-5-6-18(19(24)12-22)21(16,2)10-8-17(15)20/h13,15-18H,3-12H2,1-2H3/t13?,15-,16-,17-,18+,20-,21-/m0/s1. The summed E-state index contributed by atoms with van der Waals surface area (Å²) < 4.78 is 0. The fourth-order valence-electron chi connectivity index (χ4n) is 7.67. The van der Waals surface area contributed by atoms with Gasteiger partial charge in [-0.1, -0.05) is 13.8 Å². The Bertz CT molecular complexity index is 558. The predicted octanol–water partition coefficient (Wildman–Crippen LogP) is 5.02. The molecule has 0 heterocycles. The normalized spacial score (nSPS) is 50.8. The summed E-state index contributed by atoms with van der Waals surface area (Å²) in [6, 6.07) is 0. The molecule has 0 aromatic heterocycles. The topological polar surface area (TPSA) is 34.1 Å². The van der Waals surface area contributed by atoms with Crippen LogP contribution < -0.4 is 0 Å². The molecule has 4 fully saturated rings. The van der Waals surface area contributed by atoms with Gasteiger partial charge in [0, 0.05) is 18.8 Å². The Balaban J connectivity index is 1.61. The minimum atomic E-state index is 0.181. The van der Waals surface area contributed by atoms with Crippen molar-refractivity contribution in [2.45, 2.75) is 71.6 Å². The van der Waals surface area contributed by atoms with Gasteiger partial charge in [0.2, 0.25) is 0 Å². The lowest BCUT2D eigenvalue weighted by molar-refractivity contribution is -0.143. The van der Waals surface area contributed by atoms with E-state index in [1.165, 1.54) is 32.1 Å². The van der Waals surface area contributed by atoms with Crippen molar-refractivity contribution < 1.29 is 9.59 Å². The highest BCUT2D eigenvalue weighted by Gasteiger charge is 2.60. The van der Waals surface area contributed by atoms with Crippen LogP contribution in [0.5, 0.6) is 0 Å². The van der Waals surface area contributed by atoms with Gasteiger partial charge in [-0.05, 0) is 79.4 Å². The van der Waals surface area contributed by atoms with Gasteiger partial charge in [-0.25, -0.2) is 0 Å². The van der Waals surface area contributed by atoms with Crippen LogP contribution in [0.3, 0.4) is 0 Å². The molecule has 4 saturated carbocycles. The van der Waals surface area contributed by atoms with Crippen LogP contribution in [0.2, 0.25) is 0 Å². The van der Waals surface area contributed by atoms with Crippen LogP contribution in [0.25, 0.3) is 0 Å². The van der Waals surface area contributed by atoms with Crippen LogP contribution in [0.15, 0.2) is 0 Å². The minimum absolute atomic E-state index is 0.181. The molecule has 0 aromatic rings. The van der Waals surface area contributed by atoms with Crippen molar-refractivity contribution in [1.82, 2.24) is 0 Å². The number of rotatable bonds is 2. The van der Waals surface area contributed by atoms with Crippen molar-refractivity contribution >= 4 is 23.2 Å². The molecule has 0 aliphatic heterocycles. The van der Waals surface area contributed by atoms with E-state index in [1.807, 2.05) is 0 Å². The Labute approximate surface area is 151 Å². The van der Waals surface area contributed by atoms with E-state index < -0.39 is 0 Å². The number of ketones is 2. The Kier molecular flexibility index (Phi) is 4.14. The summed E-state index contributed by atoms with van der Waals surface area (Å²) in [5.41, 5.74) is 0.549. The molecule has 4 aliphatic carbocycles. The van der Waals surface area contributed by atoms with E-state index in [-0.39, 0.29) is 23.0 Å². The second-order valence-electron chi connectivity index (χ2n) is 9.67. The van der Waals surface area contributed by atoms with Crippen LogP contribution in [0.1, 0.15) is 71.6 Å². The summed E-state index contributed by atoms with van der Waals surface area (Å²) in [6.45, 7) is 4.87. The Hall–Kier alpha value is -0.370. The highest BCUT2D eigenvalue weighted by molar-refractivity contribution is 6.28. The van der Waals surface area contributed by atoms with Crippen LogP contribution in [-0.2, 0) is 9.59 Å². The molecular weight excluding hydrogens is 320 g/mol. The number of fused-ring (bicyclic) bond motifs is 5. The van der Waals surface area contributed by atoms with Gasteiger partial charge in [0.1, 0.15) is 5.78 Å². The largest absolute Gasteiger partial charge is 0.300 e. The number of halogens is 1. The zero-order valence-electron chi connectivity index (χ0n) is 15.2. The van der Waals surface area contributed by atoms with Gasteiger partial charge in [0.25, 0.3) is 0 Å². The smallest absolute Gasteiger partial charge is 0.151 e.